The number of anilines is 4. The molecule has 1 atom stereocenters. The van der Waals surface area contributed by atoms with E-state index in [0.717, 1.165) is 70.0 Å². The summed E-state index contributed by atoms with van der Waals surface area (Å²) in [4.78, 5) is 25.1. The number of morpholine rings is 1. The van der Waals surface area contributed by atoms with Crippen molar-refractivity contribution in [3.63, 3.8) is 0 Å². The Morgan fingerprint density at radius 1 is 1.00 bits per heavy atom. The molecule has 3 saturated heterocycles. The first-order valence-corrected chi connectivity index (χ1v) is 17.0. The monoisotopic (exact) mass is 594 g/mol. The van der Waals surface area contributed by atoms with Crippen LogP contribution in [0.2, 0.25) is 0 Å². The summed E-state index contributed by atoms with van der Waals surface area (Å²) in [5.74, 6) is 1.05. The predicted octanol–water partition coefficient (Wildman–Crippen LogP) is 3.92. The molecule has 1 aromatic heterocycles. The van der Waals surface area contributed by atoms with Gasteiger partial charge in [0.1, 0.15) is 16.4 Å². The smallest absolute Gasteiger partial charge is 0.258 e. The zero-order chi connectivity index (χ0) is 29.0. The predicted molar refractivity (Wildman–Crippen MR) is 165 cm³/mol. The van der Waals surface area contributed by atoms with Crippen molar-refractivity contribution in [3.8, 4) is 0 Å². The normalized spacial score (nSPS) is 24.6. The average molecular weight is 595 g/mol. The second kappa shape index (κ2) is 10.7. The van der Waals surface area contributed by atoms with Crippen molar-refractivity contribution in [2.24, 2.45) is 5.41 Å². The summed E-state index contributed by atoms with van der Waals surface area (Å²) in [5, 5.41) is 3.01. The average Bonchev–Trinajstić information content (AvgIpc) is 3.89. The number of sulfonamides is 1. The van der Waals surface area contributed by atoms with Crippen LogP contribution >= 0.6 is 0 Å². The summed E-state index contributed by atoms with van der Waals surface area (Å²) >= 11 is 0. The number of benzene rings is 1. The highest BCUT2D eigenvalue weighted by Gasteiger charge is 2.56. The summed E-state index contributed by atoms with van der Waals surface area (Å²) in [6, 6.07) is 11.0. The summed E-state index contributed by atoms with van der Waals surface area (Å²) < 4.78 is 34.9. The Morgan fingerprint density at radius 2 is 1.79 bits per heavy atom. The summed E-state index contributed by atoms with van der Waals surface area (Å²) in [7, 11) is -3.56. The molecular weight excluding hydrogens is 552 g/mol. The molecule has 7 rings (SSSR count). The minimum absolute atomic E-state index is 0.127. The second-order valence-corrected chi connectivity index (χ2v) is 15.2. The van der Waals surface area contributed by atoms with Gasteiger partial charge in [0.25, 0.3) is 5.91 Å². The zero-order valence-electron chi connectivity index (χ0n) is 24.5. The van der Waals surface area contributed by atoms with Crippen LogP contribution in [0.3, 0.4) is 0 Å². The highest BCUT2D eigenvalue weighted by Crippen LogP contribution is 2.54. The molecule has 1 amide bonds. The molecule has 5 aliphatic rings. The number of carbonyl (C=O) groups excluding carboxylic acids is 1. The quantitative estimate of drug-likeness (QED) is 0.450. The number of hydrogen-bond donors (Lipinski definition) is 2. The van der Waals surface area contributed by atoms with Gasteiger partial charge in [-0.3, -0.25) is 9.52 Å². The number of ether oxygens (including phenoxy) is 1. The van der Waals surface area contributed by atoms with Crippen molar-refractivity contribution in [3.05, 3.63) is 42.0 Å². The molecule has 0 unspecified atom stereocenters. The number of piperidine rings is 1. The molecule has 0 bridgehead atoms. The topological polar surface area (TPSA) is 107 Å². The highest BCUT2D eigenvalue weighted by molar-refractivity contribution is 7.94. The lowest BCUT2D eigenvalue weighted by atomic mass is 9.93. The van der Waals surface area contributed by atoms with Crippen molar-refractivity contribution in [2.75, 3.05) is 72.3 Å². The maximum absolute atomic E-state index is 13.7. The van der Waals surface area contributed by atoms with Gasteiger partial charge in [0.15, 0.2) is 0 Å². The first-order chi connectivity index (χ1) is 20.2. The minimum atomic E-state index is -3.56. The molecule has 11 heteroatoms. The molecule has 2 aliphatic carbocycles. The summed E-state index contributed by atoms with van der Waals surface area (Å²) in [6.45, 7) is 8.47. The Balaban J connectivity index is 1.12. The van der Waals surface area contributed by atoms with Crippen LogP contribution in [0.5, 0.6) is 0 Å². The lowest BCUT2D eigenvalue weighted by Gasteiger charge is -2.35. The van der Waals surface area contributed by atoms with E-state index in [0.29, 0.717) is 48.5 Å². The van der Waals surface area contributed by atoms with E-state index in [-0.39, 0.29) is 12.0 Å². The van der Waals surface area contributed by atoms with Gasteiger partial charge in [-0.1, -0.05) is 6.07 Å². The Hall–Kier alpha value is -2.89. The fourth-order valence-corrected chi connectivity index (χ4v) is 8.33. The molecule has 5 fully saturated rings. The van der Waals surface area contributed by atoms with Gasteiger partial charge in [-0.2, -0.15) is 0 Å². The molecular formula is C31H42N6O4S. The number of likely N-dealkylation sites (tertiary alicyclic amines) is 1. The van der Waals surface area contributed by atoms with E-state index in [4.69, 9.17) is 9.72 Å². The number of nitrogens with one attached hydrogen (secondary N) is 2. The van der Waals surface area contributed by atoms with E-state index in [2.05, 4.69) is 24.7 Å². The van der Waals surface area contributed by atoms with Gasteiger partial charge in [-0.15, -0.1) is 0 Å². The van der Waals surface area contributed by atoms with Gasteiger partial charge in [-0.25, -0.2) is 13.4 Å². The van der Waals surface area contributed by atoms with Crippen LogP contribution in [-0.2, 0) is 14.8 Å². The molecule has 4 heterocycles. The Bertz CT molecular complexity index is 1440. The van der Waals surface area contributed by atoms with Crippen LogP contribution in [0.1, 0.15) is 62.2 Å². The lowest BCUT2D eigenvalue weighted by molar-refractivity contribution is 0.0529. The maximum Gasteiger partial charge on any atom is 0.258 e. The van der Waals surface area contributed by atoms with Crippen LogP contribution in [0, 0.1) is 5.41 Å². The van der Waals surface area contributed by atoms with E-state index < -0.39 is 14.8 Å². The van der Waals surface area contributed by atoms with Gasteiger partial charge >= 0.3 is 0 Å². The third-order valence-electron chi connectivity index (χ3n) is 10.00. The fraction of sp³-hybridized carbons (Fsp3) is 0.613. The standard InChI is InChI=1S/C31H42N6O4S/c1-23-21-37(18-19-41-23)28-5-2-4-27(32-28)33-29(38)25-7-6-24(20-26(25)36-16-12-30(8-9-30)13-17-36)34-42(39,40)31(10-11-31)22-35-14-3-15-35/h2,4-7,20,23,34H,3,8-19,21-22H2,1H3,(H,32,33,38)/t23-/m1/s1. The van der Waals surface area contributed by atoms with Crippen LogP contribution in [-0.4, -0.2) is 87.5 Å². The van der Waals surface area contributed by atoms with E-state index in [1.54, 1.807) is 18.2 Å². The number of aromatic nitrogens is 1. The lowest BCUT2D eigenvalue weighted by Crippen LogP contribution is -2.47. The number of amides is 1. The molecule has 2 saturated carbocycles. The van der Waals surface area contributed by atoms with Gasteiger partial charge < -0.3 is 24.8 Å². The summed E-state index contributed by atoms with van der Waals surface area (Å²) in [6.07, 6.45) is 7.43. The van der Waals surface area contributed by atoms with Gasteiger partial charge in [0, 0.05) is 32.7 Å². The Morgan fingerprint density at radius 3 is 2.45 bits per heavy atom. The molecule has 2 N–H and O–H groups in total. The van der Waals surface area contributed by atoms with Crippen molar-refractivity contribution in [1.29, 1.82) is 0 Å². The summed E-state index contributed by atoms with van der Waals surface area (Å²) in [5.41, 5.74) is 2.30. The molecule has 1 aromatic carbocycles. The molecule has 1 spiro atoms. The van der Waals surface area contributed by atoms with E-state index in [9.17, 15) is 13.2 Å². The molecule has 0 radical (unpaired) electrons. The van der Waals surface area contributed by atoms with Crippen LogP contribution in [0.15, 0.2) is 36.4 Å². The highest BCUT2D eigenvalue weighted by atomic mass is 32.2. The molecule has 10 nitrogen and oxygen atoms in total. The van der Waals surface area contributed by atoms with E-state index in [1.807, 2.05) is 25.1 Å². The van der Waals surface area contributed by atoms with E-state index >= 15 is 0 Å². The zero-order valence-corrected chi connectivity index (χ0v) is 25.3. The molecule has 42 heavy (non-hydrogen) atoms. The second-order valence-electron chi connectivity index (χ2n) is 13.1. The van der Waals surface area contributed by atoms with Gasteiger partial charge in [0.05, 0.1) is 29.6 Å². The minimum Gasteiger partial charge on any atom is -0.375 e. The largest absolute Gasteiger partial charge is 0.375 e. The van der Waals surface area contributed by atoms with Crippen molar-refractivity contribution < 1.29 is 17.9 Å². The Kier molecular flexibility index (Phi) is 7.10. The van der Waals surface area contributed by atoms with Crippen LogP contribution < -0.4 is 19.8 Å². The first kappa shape index (κ1) is 27.9. The van der Waals surface area contributed by atoms with Crippen molar-refractivity contribution in [2.45, 2.75) is 62.7 Å². The van der Waals surface area contributed by atoms with Crippen molar-refractivity contribution >= 4 is 38.9 Å². The van der Waals surface area contributed by atoms with Crippen molar-refractivity contribution in [1.82, 2.24) is 9.88 Å². The third kappa shape index (κ3) is 5.58. The number of rotatable bonds is 9. The number of pyridine rings is 1. The molecule has 2 aromatic rings. The number of nitrogens with zero attached hydrogens (tertiary/aromatic N) is 4. The Labute approximate surface area is 248 Å². The number of hydrogen-bond acceptors (Lipinski definition) is 8. The number of carbonyl (C=O) groups is 1. The van der Waals surface area contributed by atoms with Crippen LogP contribution in [0.25, 0.3) is 0 Å². The van der Waals surface area contributed by atoms with Crippen LogP contribution in [0.4, 0.5) is 23.0 Å². The third-order valence-corrected chi connectivity index (χ3v) is 12.2. The first-order valence-electron chi connectivity index (χ1n) is 15.5. The SMILES string of the molecule is C[C@@H]1CN(c2cccc(NC(=O)c3ccc(NS(=O)(=O)C4(CN5CCC5)CC4)cc3N3CCC4(CC3)CC4)n2)CCO1. The van der Waals surface area contributed by atoms with E-state index in [1.165, 1.54) is 12.8 Å². The van der Waals surface area contributed by atoms with Gasteiger partial charge in [-0.05, 0) is 101 Å². The maximum atomic E-state index is 13.7. The van der Waals surface area contributed by atoms with Gasteiger partial charge in [0.2, 0.25) is 10.0 Å². The fourth-order valence-electron chi connectivity index (χ4n) is 6.69. The molecule has 3 aliphatic heterocycles. The molecule has 226 valence electrons.